The number of rotatable bonds is 2. The third-order valence-electron chi connectivity index (χ3n) is 11.6. The molecule has 2 aliphatic heterocycles. The van der Waals surface area contributed by atoms with E-state index in [0.717, 1.165) is 44.1 Å². The standard InChI is InChI=1S/C35H46O6/c1-23(2)9-14-34(37)15-11-28-26-10-13-33(36)22-35(40-19-20-41-35)16-12-29(33)30(26)27(21-31(28,34)3)24-5-7-25(8-6-24)32(4)38-17-18-39-32/h5-8,23,26,28-29,36-37H,10-13,15-22H2,1-4H3/t26?,28?,29?,31-,33+,34-/m0/s1. The van der Waals surface area contributed by atoms with E-state index in [2.05, 4.69) is 56.9 Å². The van der Waals surface area contributed by atoms with Gasteiger partial charge in [0.1, 0.15) is 5.60 Å². The predicted molar refractivity (Wildman–Crippen MR) is 155 cm³/mol. The molecule has 0 bridgehead atoms. The fourth-order valence-electron chi connectivity index (χ4n) is 9.49. The van der Waals surface area contributed by atoms with Gasteiger partial charge in [0.25, 0.3) is 0 Å². The summed E-state index contributed by atoms with van der Waals surface area (Å²) in [5.41, 5.74) is 2.66. The van der Waals surface area contributed by atoms with Crippen LogP contribution in [0.25, 0.3) is 5.57 Å². The third kappa shape index (κ3) is 4.30. The highest BCUT2D eigenvalue weighted by molar-refractivity contribution is 5.73. The van der Waals surface area contributed by atoms with Crippen LogP contribution in [0, 0.1) is 40.9 Å². The molecule has 6 atom stereocenters. The Kier molecular flexibility index (Phi) is 6.60. The number of ether oxygens (including phenoxy) is 4. The Morgan fingerprint density at radius 3 is 2.22 bits per heavy atom. The van der Waals surface area contributed by atoms with Gasteiger partial charge in [-0.15, -0.1) is 0 Å². The molecular weight excluding hydrogens is 516 g/mol. The average molecular weight is 563 g/mol. The second kappa shape index (κ2) is 9.64. The highest BCUT2D eigenvalue weighted by atomic mass is 16.7. The first kappa shape index (κ1) is 28.1. The van der Waals surface area contributed by atoms with Crippen LogP contribution in [0.5, 0.6) is 0 Å². The minimum atomic E-state index is -1.02. The van der Waals surface area contributed by atoms with Crippen molar-refractivity contribution in [3.8, 4) is 11.8 Å². The van der Waals surface area contributed by atoms with Gasteiger partial charge in [-0.05, 0) is 68.4 Å². The zero-order valence-electron chi connectivity index (χ0n) is 25.1. The number of hydrogen-bond acceptors (Lipinski definition) is 6. The third-order valence-corrected chi connectivity index (χ3v) is 11.6. The van der Waals surface area contributed by atoms with Crippen LogP contribution in [-0.2, 0) is 24.7 Å². The van der Waals surface area contributed by atoms with Crippen LogP contribution < -0.4 is 0 Å². The molecule has 5 fully saturated rings. The van der Waals surface area contributed by atoms with Crippen molar-refractivity contribution in [1.82, 2.24) is 0 Å². The van der Waals surface area contributed by atoms with E-state index in [9.17, 15) is 10.2 Å². The summed E-state index contributed by atoms with van der Waals surface area (Å²) in [7, 11) is 0. The van der Waals surface area contributed by atoms with Crippen molar-refractivity contribution in [2.45, 2.75) is 102 Å². The van der Waals surface area contributed by atoms with Crippen molar-refractivity contribution in [3.63, 3.8) is 0 Å². The number of hydrogen-bond donors (Lipinski definition) is 2. The van der Waals surface area contributed by atoms with E-state index in [4.69, 9.17) is 18.9 Å². The molecular formula is C35H46O6. The summed E-state index contributed by atoms with van der Waals surface area (Å²) in [5.74, 6) is 6.28. The van der Waals surface area contributed by atoms with Crippen molar-refractivity contribution in [3.05, 3.63) is 41.0 Å². The predicted octanol–water partition coefficient (Wildman–Crippen LogP) is 5.55. The Morgan fingerprint density at radius 1 is 0.854 bits per heavy atom. The Hall–Kier alpha value is -1.72. The fraction of sp³-hybridized carbons (Fsp3) is 0.714. The molecule has 4 aliphatic carbocycles. The van der Waals surface area contributed by atoms with Gasteiger partial charge in [-0.2, -0.15) is 0 Å². The van der Waals surface area contributed by atoms with Crippen molar-refractivity contribution in [2.24, 2.45) is 29.1 Å². The van der Waals surface area contributed by atoms with Gasteiger partial charge in [0.05, 0.1) is 32.0 Å². The topological polar surface area (TPSA) is 77.4 Å². The van der Waals surface area contributed by atoms with E-state index in [1.54, 1.807) is 0 Å². The van der Waals surface area contributed by atoms with Gasteiger partial charge in [0.15, 0.2) is 11.6 Å². The molecule has 0 amide bonds. The summed E-state index contributed by atoms with van der Waals surface area (Å²) in [6, 6.07) is 8.65. The summed E-state index contributed by atoms with van der Waals surface area (Å²) in [6.07, 6.45) is 6.26. The lowest BCUT2D eigenvalue weighted by Crippen LogP contribution is -2.58. The van der Waals surface area contributed by atoms with Crippen LogP contribution >= 0.6 is 0 Å². The molecule has 1 spiro atoms. The van der Waals surface area contributed by atoms with E-state index in [-0.39, 0.29) is 17.3 Å². The second-order valence-electron chi connectivity index (χ2n) is 14.3. The van der Waals surface area contributed by atoms with E-state index in [1.807, 2.05) is 6.92 Å². The molecule has 1 aromatic carbocycles. The lowest BCUT2D eigenvalue weighted by molar-refractivity contribution is -0.235. The monoisotopic (exact) mass is 562 g/mol. The molecule has 2 heterocycles. The molecule has 0 aromatic heterocycles. The number of benzene rings is 1. The smallest absolute Gasteiger partial charge is 0.192 e. The molecule has 1 aromatic rings. The Bertz CT molecular complexity index is 1280. The van der Waals surface area contributed by atoms with E-state index < -0.39 is 22.8 Å². The summed E-state index contributed by atoms with van der Waals surface area (Å²) in [6.45, 7) is 10.8. The summed E-state index contributed by atoms with van der Waals surface area (Å²) < 4.78 is 24.1. The molecule has 6 nitrogen and oxygen atoms in total. The molecule has 7 rings (SSSR count). The van der Waals surface area contributed by atoms with Gasteiger partial charge in [0.2, 0.25) is 0 Å². The van der Waals surface area contributed by atoms with Crippen LogP contribution in [0.1, 0.15) is 90.2 Å². The summed E-state index contributed by atoms with van der Waals surface area (Å²) in [4.78, 5) is 0. The molecule has 2 N–H and O–H groups in total. The van der Waals surface area contributed by atoms with Gasteiger partial charge in [0, 0.05) is 35.7 Å². The van der Waals surface area contributed by atoms with Crippen LogP contribution in [-0.4, -0.2) is 53.6 Å². The SMILES string of the molecule is CC(C)C#C[C@]1(O)CCC2C3CC[C@@]4(O)CC5(CCC4C3=C(c3ccc(C4(C)OCCO4)cc3)C[C@@]21C)OCCO5. The molecule has 2 saturated heterocycles. The lowest BCUT2D eigenvalue weighted by atomic mass is 9.49. The summed E-state index contributed by atoms with van der Waals surface area (Å²) >= 11 is 0. The number of aliphatic hydroxyl groups is 2. The van der Waals surface area contributed by atoms with Gasteiger partial charge in [-0.25, -0.2) is 0 Å². The average Bonchev–Trinajstić information content (AvgIpc) is 3.66. The Morgan fingerprint density at radius 2 is 1.54 bits per heavy atom. The zero-order valence-corrected chi connectivity index (χ0v) is 25.1. The zero-order chi connectivity index (χ0) is 28.7. The van der Waals surface area contributed by atoms with Gasteiger partial charge in [-0.3, -0.25) is 0 Å². The van der Waals surface area contributed by atoms with Crippen molar-refractivity contribution in [2.75, 3.05) is 26.4 Å². The maximum Gasteiger partial charge on any atom is 0.192 e. The Balaban J connectivity index is 1.33. The maximum atomic E-state index is 12.3. The maximum absolute atomic E-state index is 12.3. The first-order chi connectivity index (χ1) is 19.5. The fourth-order valence-corrected chi connectivity index (χ4v) is 9.49. The van der Waals surface area contributed by atoms with Crippen molar-refractivity contribution >= 4 is 5.57 Å². The highest BCUT2D eigenvalue weighted by Crippen LogP contribution is 2.67. The molecule has 222 valence electrons. The Labute approximate surface area is 244 Å². The first-order valence-corrected chi connectivity index (χ1v) is 15.9. The normalized spacial score (nSPS) is 40.7. The molecule has 6 heteroatoms. The highest BCUT2D eigenvalue weighted by Gasteiger charge is 2.65. The quantitative estimate of drug-likeness (QED) is 0.460. The van der Waals surface area contributed by atoms with E-state index in [1.165, 1.54) is 16.7 Å². The van der Waals surface area contributed by atoms with Crippen LogP contribution in [0.2, 0.25) is 0 Å². The van der Waals surface area contributed by atoms with Gasteiger partial charge < -0.3 is 29.2 Å². The van der Waals surface area contributed by atoms with Crippen LogP contribution in [0.4, 0.5) is 0 Å². The molecule has 6 aliphatic rings. The van der Waals surface area contributed by atoms with Gasteiger partial charge in [-0.1, -0.05) is 62.5 Å². The van der Waals surface area contributed by atoms with Crippen molar-refractivity contribution in [1.29, 1.82) is 0 Å². The molecule has 3 unspecified atom stereocenters. The second-order valence-corrected chi connectivity index (χ2v) is 14.3. The van der Waals surface area contributed by atoms with Crippen LogP contribution in [0.3, 0.4) is 0 Å². The minimum absolute atomic E-state index is 0.0633. The summed E-state index contributed by atoms with van der Waals surface area (Å²) in [5, 5.41) is 24.5. The molecule has 3 saturated carbocycles. The first-order valence-electron chi connectivity index (χ1n) is 15.9. The van der Waals surface area contributed by atoms with Crippen LogP contribution in [0.15, 0.2) is 29.8 Å². The van der Waals surface area contributed by atoms with E-state index >= 15 is 0 Å². The lowest BCUT2D eigenvalue weighted by Gasteiger charge is -2.58. The number of fused-ring (bicyclic) bond motifs is 5. The molecule has 41 heavy (non-hydrogen) atoms. The number of allylic oxidation sites excluding steroid dienone is 1. The van der Waals surface area contributed by atoms with E-state index in [0.29, 0.717) is 51.1 Å². The van der Waals surface area contributed by atoms with Gasteiger partial charge >= 0.3 is 0 Å². The van der Waals surface area contributed by atoms with Crippen molar-refractivity contribution < 1.29 is 29.2 Å². The largest absolute Gasteiger partial charge is 0.389 e. The minimum Gasteiger partial charge on any atom is -0.389 e. The molecule has 0 radical (unpaired) electrons.